The van der Waals surface area contributed by atoms with Crippen molar-refractivity contribution >= 4 is 45.1 Å². The number of hydrogen-bond donors (Lipinski definition) is 1. The molecule has 0 unspecified atom stereocenters. The number of phenolic OH excluding ortho intramolecular Hbond substituents is 1. The zero-order valence-electron chi connectivity index (χ0n) is 8.00. The molecule has 3 rings (SSSR count). The van der Waals surface area contributed by atoms with E-state index in [1.165, 1.54) is 0 Å². The minimum Gasteiger partial charge on any atom is -0.507 e. The van der Waals surface area contributed by atoms with Gasteiger partial charge in [-0.15, -0.1) is 0 Å². The highest BCUT2D eigenvalue weighted by atomic mass is 35.5. The molecule has 1 aromatic heterocycles. The predicted octanol–water partition coefficient (Wildman–Crippen LogP) is 4.60. The van der Waals surface area contributed by atoms with Crippen LogP contribution in [0.1, 0.15) is 0 Å². The largest absolute Gasteiger partial charge is 0.507 e. The van der Waals surface area contributed by atoms with Crippen LogP contribution in [-0.4, -0.2) is 5.11 Å². The monoisotopic (exact) mass is 252 g/mol. The molecule has 0 amide bonds. The van der Waals surface area contributed by atoms with Crippen molar-refractivity contribution in [3.63, 3.8) is 0 Å². The van der Waals surface area contributed by atoms with Gasteiger partial charge in [0.25, 0.3) is 0 Å². The standard InChI is InChI=1S/C12H6Cl2O2/c13-7-5-4-6-10-8(15)2-1-3-9(10)16-12(6)11(7)14/h1-5,15H. The van der Waals surface area contributed by atoms with Crippen molar-refractivity contribution in [2.75, 3.05) is 0 Å². The molecule has 0 saturated heterocycles. The normalized spacial score (nSPS) is 11.4. The SMILES string of the molecule is Oc1cccc2oc3c(Cl)c(Cl)ccc3c12. The van der Waals surface area contributed by atoms with Crippen LogP contribution in [0.15, 0.2) is 34.7 Å². The number of phenols is 1. The van der Waals surface area contributed by atoms with Crippen LogP contribution < -0.4 is 0 Å². The van der Waals surface area contributed by atoms with E-state index in [0.717, 1.165) is 5.39 Å². The van der Waals surface area contributed by atoms with Crippen LogP contribution in [0, 0.1) is 0 Å². The van der Waals surface area contributed by atoms with Gasteiger partial charge in [-0.05, 0) is 24.3 Å². The van der Waals surface area contributed by atoms with Gasteiger partial charge < -0.3 is 9.52 Å². The molecule has 0 radical (unpaired) electrons. The Balaban J connectivity index is 2.62. The predicted molar refractivity (Wildman–Crippen MR) is 65.4 cm³/mol. The van der Waals surface area contributed by atoms with E-state index < -0.39 is 0 Å². The first-order chi connectivity index (χ1) is 7.68. The number of benzene rings is 2. The lowest BCUT2D eigenvalue weighted by Gasteiger charge is -1.95. The fourth-order valence-corrected chi connectivity index (χ4v) is 2.17. The summed E-state index contributed by atoms with van der Waals surface area (Å²) >= 11 is 11.9. The van der Waals surface area contributed by atoms with Gasteiger partial charge in [0.1, 0.15) is 16.4 Å². The van der Waals surface area contributed by atoms with Crippen molar-refractivity contribution in [3.05, 3.63) is 40.4 Å². The van der Waals surface area contributed by atoms with Crippen molar-refractivity contribution in [2.45, 2.75) is 0 Å². The number of fused-ring (bicyclic) bond motifs is 3. The summed E-state index contributed by atoms with van der Waals surface area (Å²) in [6.45, 7) is 0. The van der Waals surface area contributed by atoms with Crippen molar-refractivity contribution in [1.82, 2.24) is 0 Å². The molecule has 2 aromatic carbocycles. The third-order valence-electron chi connectivity index (χ3n) is 2.54. The summed E-state index contributed by atoms with van der Waals surface area (Å²) in [6.07, 6.45) is 0. The van der Waals surface area contributed by atoms with Crippen LogP contribution >= 0.6 is 23.2 Å². The smallest absolute Gasteiger partial charge is 0.155 e. The summed E-state index contributed by atoms with van der Waals surface area (Å²) in [4.78, 5) is 0. The van der Waals surface area contributed by atoms with E-state index in [9.17, 15) is 5.11 Å². The second-order valence-electron chi connectivity index (χ2n) is 3.49. The zero-order valence-corrected chi connectivity index (χ0v) is 9.51. The average molecular weight is 253 g/mol. The molecule has 0 fully saturated rings. The van der Waals surface area contributed by atoms with E-state index in [0.29, 0.717) is 26.6 Å². The lowest BCUT2D eigenvalue weighted by Crippen LogP contribution is -1.71. The van der Waals surface area contributed by atoms with Crippen molar-refractivity contribution in [1.29, 1.82) is 0 Å². The molecule has 0 spiro atoms. The lowest BCUT2D eigenvalue weighted by atomic mass is 10.1. The van der Waals surface area contributed by atoms with Crippen LogP contribution in [0.25, 0.3) is 21.9 Å². The van der Waals surface area contributed by atoms with E-state index in [1.54, 1.807) is 30.3 Å². The lowest BCUT2D eigenvalue weighted by molar-refractivity contribution is 0.481. The molecule has 0 aliphatic heterocycles. The van der Waals surface area contributed by atoms with Crippen molar-refractivity contribution in [2.24, 2.45) is 0 Å². The Morgan fingerprint density at radius 2 is 1.88 bits per heavy atom. The summed E-state index contributed by atoms with van der Waals surface area (Å²) in [5.74, 6) is 0.176. The van der Waals surface area contributed by atoms with Gasteiger partial charge in [-0.3, -0.25) is 0 Å². The van der Waals surface area contributed by atoms with Crippen LogP contribution in [0.3, 0.4) is 0 Å². The number of hydrogen-bond acceptors (Lipinski definition) is 2. The molecule has 1 N–H and O–H groups in total. The Kier molecular flexibility index (Phi) is 2.03. The van der Waals surface area contributed by atoms with Crippen molar-refractivity contribution < 1.29 is 9.52 Å². The molecule has 1 heterocycles. The fraction of sp³-hybridized carbons (Fsp3) is 0. The second kappa shape index (κ2) is 3.30. The molecule has 0 atom stereocenters. The maximum absolute atomic E-state index is 9.78. The van der Waals surface area contributed by atoms with Gasteiger partial charge in [0.05, 0.1) is 10.4 Å². The van der Waals surface area contributed by atoms with Gasteiger partial charge in [0.15, 0.2) is 5.58 Å². The maximum atomic E-state index is 9.78. The number of rotatable bonds is 0. The van der Waals surface area contributed by atoms with Gasteiger partial charge in [-0.1, -0.05) is 29.3 Å². The summed E-state index contributed by atoms with van der Waals surface area (Å²) in [7, 11) is 0. The molecule has 80 valence electrons. The molecule has 3 aromatic rings. The quantitative estimate of drug-likeness (QED) is 0.635. The first kappa shape index (κ1) is 9.82. The van der Waals surface area contributed by atoms with Gasteiger partial charge in [0, 0.05) is 5.39 Å². The highest BCUT2D eigenvalue weighted by Gasteiger charge is 2.14. The highest BCUT2D eigenvalue weighted by Crippen LogP contribution is 2.40. The van der Waals surface area contributed by atoms with Crippen LogP contribution in [0.2, 0.25) is 10.0 Å². The number of halogens is 2. The van der Waals surface area contributed by atoms with E-state index >= 15 is 0 Å². The minimum absolute atomic E-state index is 0.176. The van der Waals surface area contributed by atoms with Crippen molar-refractivity contribution in [3.8, 4) is 5.75 Å². The maximum Gasteiger partial charge on any atom is 0.155 e. The molecule has 16 heavy (non-hydrogen) atoms. The third kappa shape index (κ3) is 1.20. The average Bonchev–Trinajstić information content (AvgIpc) is 2.64. The first-order valence-electron chi connectivity index (χ1n) is 4.66. The fourth-order valence-electron chi connectivity index (χ4n) is 1.81. The highest BCUT2D eigenvalue weighted by molar-refractivity contribution is 6.45. The van der Waals surface area contributed by atoms with Gasteiger partial charge in [-0.25, -0.2) is 0 Å². The molecular formula is C12H6Cl2O2. The Morgan fingerprint density at radius 3 is 2.69 bits per heavy atom. The van der Waals surface area contributed by atoms with Crippen LogP contribution in [-0.2, 0) is 0 Å². The topological polar surface area (TPSA) is 33.4 Å². The van der Waals surface area contributed by atoms with E-state index in [1.807, 2.05) is 0 Å². The van der Waals surface area contributed by atoms with Crippen LogP contribution in [0.4, 0.5) is 0 Å². The molecule has 0 bridgehead atoms. The third-order valence-corrected chi connectivity index (χ3v) is 3.32. The zero-order chi connectivity index (χ0) is 11.3. The van der Waals surface area contributed by atoms with E-state index in [-0.39, 0.29) is 5.75 Å². The first-order valence-corrected chi connectivity index (χ1v) is 5.42. The summed E-state index contributed by atoms with van der Waals surface area (Å²) in [5.41, 5.74) is 1.10. The molecule has 0 saturated carbocycles. The molecule has 4 heteroatoms. The Labute approximate surface area is 101 Å². The second-order valence-corrected chi connectivity index (χ2v) is 4.28. The van der Waals surface area contributed by atoms with Crippen LogP contribution in [0.5, 0.6) is 5.75 Å². The minimum atomic E-state index is 0.176. The Hall–Kier alpha value is -1.38. The van der Waals surface area contributed by atoms with E-state index in [2.05, 4.69) is 0 Å². The summed E-state index contributed by atoms with van der Waals surface area (Å²) < 4.78 is 5.57. The number of aromatic hydroxyl groups is 1. The molecule has 0 aliphatic carbocycles. The molecule has 2 nitrogen and oxygen atoms in total. The molecule has 0 aliphatic rings. The van der Waals surface area contributed by atoms with Gasteiger partial charge in [0.2, 0.25) is 0 Å². The number of furan rings is 1. The van der Waals surface area contributed by atoms with E-state index in [4.69, 9.17) is 27.6 Å². The van der Waals surface area contributed by atoms with Gasteiger partial charge in [-0.2, -0.15) is 0 Å². The summed E-state index contributed by atoms with van der Waals surface area (Å²) in [5, 5.41) is 12.0. The van der Waals surface area contributed by atoms with Gasteiger partial charge >= 0.3 is 0 Å². The summed E-state index contributed by atoms with van der Waals surface area (Å²) in [6, 6.07) is 8.58. The Bertz CT molecular complexity index is 701. The Morgan fingerprint density at radius 1 is 1.06 bits per heavy atom. The molecular weight excluding hydrogens is 247 g/mol.